The van der Waals surface area contributed by atoms with E-state index >= 15 is 0 Å². The number of hydrogen-bond acceptors (Lipinski definition) is 3. The van der Waals surface area contributed by atoms with Gasteiger partial charge >= 0.3 is 0 Å². The van der Waals surface area contributed by atoms with Crippen molar-refractivity contribution in [3.05, 3.63) is 22.3 Å². The van der Waals surface area contributed by atoms with Gasteiger partial charge in [0.1, 0.15) is 0 Å². The summed E-state index contributed by atoms with van der Waals surface area (Å²) >= 11 is 8.67. The van der Waals surface area contributed by atoms with Gasteiger partial charge in [0, 0.05) is 15.4 Å². The normalized spacial score (nSPS) is 10.2. The van der Waals surface area contributed by atoms with E-state index < -0.39 is 0 Å². The van der Waals surface area contributed by atoms with Crippen molar-refractivity contribution >= 4 is 31.5 Å². The molecule has 0 aliphatic carbocycles. The van der Waals surface area contributed by atoms with Crippen molar-refractivity contribution in [1.29, 1.82) is 0 Å². The van der Waals surface area contributed by atoms with Crippen molar-refractivity contribution in [2.45, 2.75) is 30.6 Å². The highest BCUT2D eigenvalue weighted by atomic mass is 32.1. The van der Waals surface area contributed by atoms with Gasteiger partial charge in [-0.15, -0.1) is 25.3 Å². The Labute approximate surface area is 89.4 Å². The van der Waals surface area contributed by atoms with E-state index in [1.807, 2.05) is 20.8 Å². The second kappa shape index (κ2) is 3.76. The summed E-state index contributed by atoms with van der Waals surface area (Å²) in [5, 5.41) is 0. The number of aldehydes is 1. The van der Waals surface area contributed by atoms with Gasteiger partial charge in [0.15, 0.2) is 6.29 Å². The summed E-state index contributed by atoms with van der Waals surface area (Å²) in [5.41, 5.74) is 3.67. The van der Waals surface area contributed by atoms with Crippen LogP contribution in [0.5, 0.6) is 0 Å². The topological polar surface area (TPSA) is 17.1 Å². The van der Waals surface area contributed by atoms with Crippen molar-refractivity contribution in [1.82, 2.24) is 0 Å². The van der Waals surface area contributed by atoms with Crippen molar-refractivity contribution in [2.24, 2.45) is 0 Å². The molecule has 0 N–H and O–H groups in total. The van der Waals surface area contributed by atoms with E-state index in [4.69, 9.17) is 0 Å². The third-order valence-corrected chi connectivity index (χ3v) is 3.65. The van der Waals surface area contributed by atoms with Gasteiger partial charge in [-0.25, -0.2) is 0 Å². The highest BCUT2D eigenvalue weighted by molar-refractivity contribution is 7.81. The van der Waals surface area contributed by atoms with E-state index in [-0.39, 0.29) is 0 Å². The van der Waals surface area contributed by atoms with Crippen LogP contribution in [0.2, 0.25) is 0 Å². The number of carbonyl (C=O) groups is 1. The maximum Gasteiger partial charge on any atom is 0.151 e. The predicted octanol–water partition coefficient (Wildman–Crippen LogP) is 3.00. The molecular weight excluding hydrogens is 200 g/mol. The summed E-state index contributed by atoms with van der Waals surface area (Å²) in [6.07, 6.45) is 0.852. The first-order valence-electron chi connectivity index (χ1n) is 3.97. The summed E-state index contributed by atoms with van der Waals surface area (Å²) in [5.74, 6) is 0. The summed E-state index contributed by atoms with van der Waals surface area (Å²) < 4.78 is 0. The molecule has 0 atom stereocenters. The summed E-state index contributed by atoms with van der Waals surface area (Å²) in [6.45, 7) is 5.80. The van der Waals surface area contributed by atoms with Crippen LogP contribution in [0.15, 0.2) is 9.79 Å². The van der Waals surface area contributed by atoms with Crippen LogP contribution in [0.1, 0.15) is 27.0 Å². The van der Waals surface area contributed by atoms with Gasteiger partial charge in [-0.3, -0.25) is 4.79 Å². The molecule has 0 saturated heterocycles. The van der Waals surface area contributed by atoms with Crippen LogP contribution in [0.4, 0.5) is 0 Å². The van der Waals surface area contributed by atoms with Crippen LogP contribution in [0.3, 0.4) is 0 Å². The first-order valence-corrected chi connectivity index (χ1v) is 4.87. The highest BCUT2D eigenvalue weighted by Gasteiger charge is 2.11. The Hall–Kier alpha value is -0.410. The smallest absolute Gasteiger partial charge is 0.151 e. The van der Waals surface area contributed by atoms with Crippen LogP contribution >= 0.6 is 25.3 Å². The van der Waals surface area contributed by atoms with Crippen LogP contribution in [0, 0.1) is 20.8 Å². The summed E-state index contributed by atoms with van der Waals surface area (Å²) in [6, 6.07) is 0. The Morgan fingerprint density at radius 2 is 1.46 bits per heavy atom. The fourth-order valence-electron chi connectivity index (χ4n) is 1.30. The number of benzene rings is 1. The van der Waals surface area contributed by atoms with E-state index in [0.29, 0.717) is 5.56 Å². The Morgan fingerprint density at radius 1 is 0.923 bits per heavy atom. The van der Waals surface area contributed by atoms with Gasteiger partial charge in [0.25, 0.3) is 0 Å². The average Bonchev–Trinajstić information content (AvgIpc) is 2.13. The molecule has 13 heavy (non-hydrogen) atoms. The lowest BCUT2D eigenvalue weighted by atomic mass is 10.0. The van der Waals surface area contributed by atoms with Gasteiger partial charge in [-0.2, -0.15) is 0 Å². The monoisotopic (exact) mass is 212 g/mol. The molecule has 0 aliphatic rings. The van der Waals surface area contributed by atoms with Crippen molar-refractivity contribution in [3.63, 3.8) is 0 Å². The number of rotatable bonds is 1. The van der Waals surface area contributed by atoms with E-state index in [1.165, 1.54) is 0 Å². The maximum atomic E-state index is 10.8. The molecule has 0 fully saturated rings. The minimum atomic E-state index is 0.677. The molecule has 0 aliphatic heterocycles. The first-order chi connectivity index (χ1) is 6.00. The van der Waals surface area contributed by atoms with Gasteiger partial charge < -0.3 is 0 Å². The molecule has 0 spiro atoms. The Bertz CT molecular complexity index is 341. The number of hydrogen-bond donors (Lipinski definition) is 2. The van der Waals surface area contributed by atoms with E-state index in [2.05, 4.69) is 25.3 Å². The lowest BCUT2D eigenvalue weighted by molar-refractivity contribution is 0.112. The Morgan fingerprint density at radius 3 is 1.92 bits per heavy atom. The highest BCUT2D eigenvalue weighted by Crippen LogP contribution is 2.30. The number of thiol groups is 2. The second-order valence-electron chi connectivity index (χ2n) is 3.10. The molecule has 1 aromatic rings. The van der Waals surface area contributed by atoms with Crippen molar-refractivity contribution in [3.8, 4) is 0 Å². The molecule has 1 nitrogen and oxygen atoms in total. The molecule has 70 valence electrons. The fraction of sp³-hybridized carbons (Fsp3) is 0.300. The zero-order valence-corrected chi connectivity index (χ0v) is 9.67. The maximum absolute atomic E-state index is 10.8. The SMILES string of the molecule is Cc1c(C)c(C=O)c(S)c(C)c1S. The zero-order chi connectivity index (χ0) is 10.2. The van der Waals surface area contributed by atoms with E-state index in [0.717, 1.165) is 32.8 Å². The standard InChI is InChI=1S/C10H12OS2/c1-5-6(2)9(12)7(3)10(13)8(5)4-11/h4,12-13H,1-3H3. The quantitative estimate of drug-likeness (QED) is 0.540. The second-order valence-corrected chi connectivity index (χ2v) is 4.00. The summed E-state index contributed by atoms with van der Waals surface area (Å²) in [4.78, 5) is 12.5. The predicted molar refractivity (Wildman–Crippen MR) is 60.5 cm³/mol. The molecule has 0 heterocycles. The fourth-order valence-corrected chi connectivity index (χ4v) is 2.00. The molecule has 0 amide bonds. The number of carbonyl (C=O) groups excluding carboxylic acids is 1. The first kappa shape index (κ1) is 10.7. The van der Waals surface area contributed by atoms with Gasteiger partial charge in [-0.05, 0) is 37.5 Å². The molecular formula is C10H12OS2. The minimum absolute atomic E-state index is 0.677. The lowest BCUT2D eigenvalue weighted by Gasteiger charge is -2.13. The van der Waals surface area contributed by atoms with Crippen LogP contribution in [-0.4, -0.2) is 6.29 Å². The molecule has 0 aromatic heterocycles. The zero-order valence-electron chi connectivity index (χ0n) is 7.88. The lowest BCUT2D eigenvalue weighted by Crippen LogP contribution is -1.97. The van der Waals surface area contributed by atoms with E-state index in [9.17, 15) is 4.79 Å². The van der Waals surface area contributed by atoms with Crippen LogP contribution in [0.25, 0.3) is 0 Å². The molecule has 3 heteroatoms. The minimum Gasteiger partial charge on any atom is -0.298 e. The van der Waals surface area contributed by atoms with Crippen LogP contribution < -0.4 is 0 Å². The molecule has 0 radical (unpaired) electrons. The molecule has 0 unspecified atom stereocenters. The molecule has 1 aromatic carbocycles. The van der Waals surface area contributed by atoms with Crippen molar-refractivity contribution in [2.75, 3.05) is 0 Å². The molecule has 0 bridgehead atoms. The van der Waals surface area contributed by atoms with E-state index in [1.54, 1.807) is 0 Å². The molecule has 0 saturated carbocycles. The van der Waals surface area contributed by atoms with Gasteiger partial charge in [0.05, 0.1) is 0 Å². The largest absolute Gasteiger partial charge is 0.298 e. The molecule has 1 rings (SSSR count). The van der Waals surface area contributed by atoms with Crippen molar-refractivity contribution < 1.29 is 4.79 Å². The van der Waals surface area contributed by atoms with Gasteiger partial charge in [0.2, 0.25) is 0 Å². The third kappa shape index (κ3) is 1.63. The Balaban J connectivity index is 3.66. The third-order valence-electron chi connectivity index (χ3n) is 2.41. The average molecular weight is 212 g/mol. The Kier molecular flexibility index (Phi) is 3.09. The summed E-state index contributed by atoms with van der Waals surface area (Å²) in [7, 11) is 0. The van der Waals surface area contributed by atoms with Crippen LogP contribution in [-0.2, 0) is 0 Å². The van der Waals surface area contributed by atoms with Gasteiger partial charge in [-0.1, -0.05) is 0 Å².